The molecule has 1 atom stereocenters. The van der Waals surface area contributed by atoms with Crippen LogP contribution < -0.4 is 10.7 Å². The van der Waals surface area contributed by atoms with E-state index in [1.165, 1.54) is 12.1 Å². The van der Waals surface area contributed by atoms with Crippen LogP contribution in [-0.2, 0) is 4.74 Å². The molecule has 10 heteroatoms. The van der Waals surface area contributed by atoms with Crippen molar-refractivity contribution in [1.82, 2.24) is 10.7 Å². The van der Waals surface area contributed by atoms with Crippen LogP contribution >= 0.6 is 0 Å². The average molecular weight is 445 g/mol. The first-order valence-electron chi connectivity index (χ1n) is 9.93. The third kappa shape index (κ3) is 6.24. The number of aliphatic imine (C=N–C) groups is 2. The number of nitrogens with one attached hydrogen (secondary N) is 2. The molecular formula is C22H22F3N5O2. The van der Waals surface area contributed by atoms with E-state index >= 15 is 0 Å². The van der Waals surface area contributed by atoms with Gasteiger partial charge in [0.1, 0.15) is 11.7 Å². The second-order valence-electron chi connectivity index (χ2n) is 6.96. The molecule has 1 aliphatic heterocycles. The Morgan fingerprint density at radius 1 is 1.19 bits per heavy atom. The van der Waals surface area contributed by atoms with Gasteiger partial charge >= 0.3 is 0 Å². The van der Waals surface area contributed by atoms with Gasteiger partial charge in [-0.25, -0.2) is 18.2 Å². The fourth-order valence-corrected chi connectivity index (χ4v) is 2.81. The maximum absolute atomic E-state index is 13.5. The van der Waals surface area contributed by atoms with E-state index < -0.39 is 17.5 Å². The van der Waals surface area contributed by atoms with Gasteiger partial charge in [0.05, 0.1) is 24.8 Å². The van der Waals surface area contributed by atoms with Crippen LogP contribution in [0, 0.1) is 17.5 Å². The lowest BCUT2D eigenvalue weighted by molar-refractivity contribution is 0.0975. The highest BCUT2D eigenvalue weighted by Crippen LogP contribution is 2.12. The zero-order valence-electron chi connectivity index (χ0n) is 17.5. The van der Waals surface area contributed by atoms with Crippen molar-refractivity contribution in [2.45, 2.75) is 26.3 Å². The zero-order valence-corrected chi connectivity index (χ0v) is 17.5. The molecule has 1 aliphatic rings. The van der Waals surface area contributed by atoms with Gasteiger partial charge in [0.15, 0.2) is 11.6 Å². The minimum Gasteiger partial charge on any atom is -0.380 e. The van der Waals surface area contributed by atoms with Crippen molar-refractivity contribution < 1.29 is 22.7 Å². The van der Waals surface area contributed by atoms with E-state index in [1.807, 2.05) is 6.92 Å². The molecule has 2 N–H and O–H groups in total. The topological polar surface area (TPSA) is 87.4 Å². The van der Waals surface area contributed by atoms with Crippen molar-refractivity contribution >= 4 is 23.4 Å². The van der Waals surface area contributed by atoms with E-state index in [0.29, 0.717) is 31.2 Å². The number of amidine groups is 1. The first-order chi connectivity index (χ1) is 15.4. The number of carbonyl (C=O) groups excluding carboxylic acids is 1. The highest BCUT2D eigenvalue weighted by Gasteiger charge is 2.18. The van der Waals surface area contributed by atoms with Crippen molar-refractivity contribution in [2.75, 3.05) is 13.2 Å². The van der Waals surface area contributed by atoms with Gasteiger partial charge in [0.25, 0.3) is 5.91 Å². The minimum absolute atomic E-state index is 0.0370. The maximum Gasteiger partial charge on any atom is 0.258 e. The van der Waals surface area contributed by atoms with Crippen LogP contribution in [0.3, 0.4) is 0 Å². The number of halogens is 3. The van der Waals surface area contributed by atoms with Gasteiger partial charge in [-0.3, -0.25) is 15.5 Å². The highest BCUT2D eigenvalue weighted by molar-refractivity contribution is 6.18. The number of hydrogen-bond donors (Lipinski definition) is 2. The Bertz CT molecular complexity index is 1070. The van der Waals surface area contributed by atoms with Crippen molar-refractivity contribution in [2.24, 2.45) is 15.1 Å². The molecule has 0 unspecified atom stereocenters. The van der Waals surface area contributed by atoms with E-state index in [4.69, 9.17) is 4.74 Å². The lowest BCUT2D eigenvalue weighted by Crippen LogP contribution is -2.32. The predicted molar refractivity (Wildman–Crippen MR) is 115 cm³/mol. The Morgan fingerprint density at radius 2 is 1.94 bits per heavy atom. The van der Waals surface area contributed by atoms with Gasteiger partial charge in [0.2, 0.25) is 5.96 Å². The molecule has 2 aromatic carbocycles. The van der Waals surface area contributed by atoms with E-state index in [-0.39, 0.29) is 23.4 Å². The first-order valence-corrected chi connectivity index (χ1v) is 9.93. The fraction of sp³-hybridized carbons (Fsp3) is 0.273. The van der Waals surface area contributed by atoms with Crippen molar-refractivity contribution in [3.63, 3.8) is 0 Å². The van der Waals surface area contributed by atoms with Crippen LogP contribution in [0.15, 0.2) is 57.6 Å². The van der Waals surface area contributed by atoms with Crippen LogP contribution in [0.5, 0.6) is 0 Å². The van der Waals surface area contributed by atoms with Crippen LogP contribution in [0.1, 0.15) is 36.2 Å². The van der Waals surface area contributed by atoms with Gasteiger partial charge < -0.3 is 4.74 Å². The number of carbonyl (C=O) groups is 1. The smallest absolute Gasteiger partial charge is 0.258 e. The molecule has 0 bridgehead atoms. The normalized spacial score (nSPS) is 16.0. The fourth-order valence-electron chi connectivity index (χ4n) is 2.81. The van der Waals surface area contributed by atoms with E-state index in [2.05, 4.69) is 25.8 Å². The van der Waals surface area contributed by atoms with Gasteiger partial charge in [-0.1, -0.05) is 12.1 Å². The summed E-state index contributed by atoms with van der Waals surface area (Å²) in [5, 5.41) is 6.70. The molecule has 32 heavy (non-hydrogen) atoms. The van der Waals surface area contributed by atoms with Crippen LogP contribution in [0.2, 0.25) is 0 Å². The van der Waals surface area contributed by atoms with Gasteiger partial charge in [-0.05, 0) is 49.7 Å². The second-order valence-corrected chi connectivity index (χ2v) is 6.96. The average Bonchev–Trinajstić information content (AvgIpc) is 3.23. The number of guanidine groups is 1. The molecule has 0 fully saturated rings. The minimum atomic E-state index is -1.14. The molecule has 1 heterocycles. The zero-order chi connectivity index (χ0) is 23.1. The summed E-state index contributed by atoms with van der Waals surface area (Å²) in [4.78, 5) is 21.2. The third-order valence-electron chi connectivity index (χ3n) is 4.39. The molecule has 0 aliphatic carbocycles. The lowest BCUT2D eigenvalue weighted by atomic mass is 10.1. The number of ether oxygens (including phenoxy) is 1. The Morgan fingerprint density at radius 3 is 2.62 bits per heavy atom. The number of hydrogen-bond acceptors (Lipinski definition) is 4. The van der Waals surface area contributed by atoms with E-state index in [1.54, 1.807) is 19.1 Å². The SMILES string of the molecule is CCOC[C@H](C)N=C(N=C1CC(c2ccc(F)cc2)=NN1)NC(=O)c1ccc(F)c(F)c1. The maximum atomic E-state index is 13.5. The summed E-state index contributed by atoms with van der Waals surface area (Å²) in [6.45, 7) is 4.43. The summed E-state index contributed by atoms with van der Waals surface area (Å²) >= 11 is 0. The number of amides is 1. The van der Waals surface area contributed by atoms with Gasteiger partial charge in [0, 0.05) is 12.2 Å². The summed E-state index contributed by atoms with van der Waals surface area (Å²) in [6, 6.07) is 8.35. The molecule has 0 saturated heterocycles. The molecule has 2 aromatic rings. The number of nitrogens with zero attached hydrogens (tertiary/aromatic N) is 3. The summed E-state index contributed by atoms with van der Waals surface area (Å²) in [7, 11) is 0. The molecule has 0 aromatic heterocycles. The Balaban J connectivity index is 1.78. The molecule has 0 spiro atoms. The monoisotopic (exact) mass is 445 g/mol. The Hall–Kier alpha value is -3.53. The quantitative estimate of drug-likeness (QED) is 0.528. The predicted octanol–water partition coefficient (Wildman–Crippen LogP) is 3.41. The van der Waals surface area contributed by atoms with Gasteiger partial charge in [-0.15, -0.1) is 0 Å². The van der Waals surface area contributed by atoms with E-state index in [9.17, 15) is 18.0 Å². The largest absolute Gasteiger partial charge is 0.380 e. The molecule has 1 amide bonds. The van der Waals surface area contributed by atoms with Crippen LogP contribution in [-0.4, -0.2) is 42.7 Å². The Kier molecular flexibility index (Phi) is 7.72. The summed E-state index contributed by atoms with van der Waals surface area (Å²) in [5.74, 6) is -2.88. The molecule has 0 radical (unpaired) electrons. The first kappa shape index (κ1) is 23.1. The molecule has 168 valence electrons. The summed E-state index contributed by atoms with van der Waals surface area (Å²) in [5.41, 5.74) is 4.04. The van der Waals surface area contributed by atoms with Crippen molar-refractivity contribution in [3.05, 3.63) is 71.0 Å². The number of rotatable bonds is 6. The third-order valence-corrected chi connectivity index (χ3v) is 4.39. The van der Waals surface area contributed by atoms with Gasteiger partial charge in [-0.2, -0.15) is 10.1 Å². The van der Waals surface area contributed by atoms with Crippen molar-refractivity contribution in [1.29, 1.82) is 0 Å². The second kappa shape index (κ2) is 10.7. The Labute approximate surface area is 183 Å². The van der Waals surface area contributed by atoms with Crippen LogP contribution in [0.25, 0.3) is 0 Å². The molecule has 3 rings (SSSR count). The summed E-state index contributed by atoms with van der Waals surface area (Å²) in [6.07, 6.45) is 0.297. The number of hydrazone groups is 1. The summed E-state index contributed by atoms with van der Waals surface area (Å²) < 4.78 is 45.2. The number of benzene rings is 2. The van der Waals surface area contributed by atoms with E-state index in [0.717, 1.165) is 23.8 Å². The lowest BCUT2D eigenvalue weighted by Gasteiger charge is -2.10. The molecule has 0 saturated carbocycles. The molecular weight excluding hydrogens is 423 g/mol. The van der Waals surface area contributed by atoms with Crippen molar-refractivity contribution in [3.8, 4) is 0 Å². The standard InChI is InChI=1S/C22H22F3N5O2/c1-3-32-12-13(2)26-22(28-21(31)15-6-9-17(24)18(25)10-15)27-20-11-19(29-30-20)14-4-7-16(23)8-5-14/h4-10,13H,3,11-12H2,1-2H3,(H2,26,27,28,30,31)/t13-/m0/s1. The molecule has 7 nitrogen and oxygen atoms in total. The van der Waals surface area contributed by atoms with Crippen LogP contribution in [0.4, 0.5) is 13.2 Å². The highest BCUT2D eigenvalue weighted by atomic mass is 19.2.